The molecule has 2 unspecified atom stereocenters. The largest absolute Gasteiger partial charge is 0.463 e. The van der Waals surface area contributed by atoms with Crippen molar-refractivity contribution < 1.29 is 22.3 Å². The highest BCUT2D eigenvalue weighted by molar-refractivity contribution is 7.89. The molecule has 0 bridgehead atoms. The van der Waals surface area contributed by atoms with Gasteiger partial charge in [0.15, 0.2) is 0 Å². The molecule has 1 aromatic rings. The number of hydrogen-bond donors (Lipinski definition) is 1. The number of ether oxygens (including phenoxy) is 1. The fourth-order valence-corrected chi connectivity index (χ4v) is 4.97. The lowest BCUT2D eigenvalue weighted by Crippen LogP contribution is -2.35. The Bertz CT molecular complexity index is 721. The summed E-state index contributed by atoms with van der Waals surface area (Å²) in [6.45, 7) is 1.85. The molecule has 29 heavy (non-hydrogen) atoms. The second-order valence-electron chi connectivity index (χ2n) is 8.02. The highest BCUT2D eigenvalue weighted by Gasteiger charge is 2.21. The van der Waals surface area contributed by atoms with Gasteiger partial charge in [-0.05, 0) is 56.9 Å². The van der Waals surface area contributed by atoms with E-state index < -0.39 is 15.8 Å². The van der Waals surface area contributed by atoms with Crippen LogP contribution >= 0.6 is 0 Å². The number of benzene rings is 1. The van der Waals surface area contributed by atoms with Gasteiger partial charge in [-0.15, -0.1) is 0 Å². The van der Waals surface area contributed by atoms with Crippen LogP contribution in [0.2, 0.25) is 0 Å². The molecule has 1 N–H and O–H groups in total. The predicted molar refractivity (Wildman–Crippen MR) is 111 cm³/mol. The van der Waals surface area contributed by atoms with E-state index in [1.54, 1.807) is 0 Å². The molecule has 1 aliphatic heterocycles. The first kappa shape index (κ1) is 23.8. The van der Waals surface area contributed by atoms with Gasteiger partial charge >= 0.3 is 5.97 Å². The van der Waals surface area contributed by atoms with E-state index in [4.69, 9.17) is 4.74 Å². The van der Waals surface area contributed by atoms with Crippen LogP contribution < -0.4 is 4.72 Å². The summed E-state index contributed by atoms with van der Waals surface area (Å²) in [7, 11) is -3.72. The summed E-state index contributed by atoms with van der Waals surface area (Å²) in [5.41, 5.74) is 0. The van der Waals surface area contributed by atoms with Crippen LogP contribution in [0.4, 0.5) is 4.39 Å². The lowest BCUT2D eigenvalue weighted by Gasteiger charge is -2.21. The average Bonchev–Trinajstić information content (AvgIpc) is 2.66. The number of nitrogens with one attached hydrogen (secondary N) is 1. The summed E-state index contributed by atoms with van der Waals surface area (Å²) >= 11 is 0. The minimum absolute atomic E-state index is 0.0607. The number of halogens is 1. The summed E-state index contributed by atoms with van der Waals surface area (Å²) in [5, 5.41) is 0. The maximum Gasteiger partial charge on any atom is 0.306 e. The lowest BCUT2D eigenvalue weighted by atomic mass is 10.0. The molecule has 0 spiro atoms. The Kier molecular flexibility index (Phi) is 10.1. The highest BCUT2D eigenvalue weighted by Crippen LogP contribution is 2.18. The SMILES string of the molecule is CC1CCC(NS(=O)(=O)c2ccc(F)cc2)CCCCCCCCCCC(=O)O1. The molecular weight excluding hydrogens is 393 g/mol. The maximum atomic E-state index is 13.1. The third-order valence-corrected chi connectivity index (χ3v) is 6.92. The van der Waals surface area contributed by atoms with Gasteiger partial charge in [0.05, 0.1) is 11.0 Å². The molecule has 0 aromatic heterocycles. The fourth-order valence-electron chi connectivity index (χ4n) is 3.66. The quantitative estimate of drug-likeness (QED) is 0.681. The zero-order chi connectivity index (χ0) is 21.1. The maximum absolute atomic E-state index is 13.1. The molecule has 2 rings (SSSR count). The normalized spacial score (nSPS) is 24.0. The van der Waals surface area contributed by atoms with Crippen LogP contribution in [-0.2, 0) is 19.6 Å². The molecule has 0 saturated carbocycles. The van der Waals surface area contributed by atoms with Crippen LogP contribution in [-0.4, -0.2) is 26.5 Å². The summed E-state index contributed by atoms with van der Waals surface area (Å²) in [6, 6.07) is 4.61. The van der Waals surface area contributed by atoms with E-state index in [2.05, 4.69) is 4.72 Å². The second-order valence-corrected chi connectivity index (χ2v) is 9.73. The molecule has 0 amide bonds. The van der Waals surface area contributed by atoms with Gasteiger partial charge in [0, 0.05) is 12.5 Å². The Balaban J connectivity index is 2.00. The first-order valence-electron chi connectivity index (χ1n) is 10.8. The van der Waals surface area contributed by atoms with Crippen molar-refractivity contribution in [3.05, 3.63) is 30.1 Å². The Hall–Kier alpha value is -1.47. The van der Waals surface area contributed by atoms with E-state index in [-0.39, 0.29) is 23.0 Å². The first-order valence-corrected chi connectivity index (χ1v) is 12.3. The van der Waals surface area contributed by atoms with Gasteiger partial charge in [0.1, 0.15) is 5.82 Å². The van der Waals surface area contributed by atoms with Crippen molar-refractivity contribution in [2.45, 2.75) is 101 Å². The van der Waals surface area contributed by atoms with Crippen LogP contribution in [0.3, 0.4) is 0 Å². The summed E-state index contributed by atoms with van der Waals surface area (Å²) in [4.78, 5) is 12.0. The standard InChI is InChI=1S/C22H34FNO4S/c1-18-12-15-20(24-29(26,27)21-16-13-19(23)14-17-21)10-8-6-4-2-3-5-7-9-11-22(25)28-18/h13-14,16-18,20,24H,2-12,15H2,1H3. The van der Waals surface area contributed by atoms with Gasteiger partial charge in [-0.2, -0.15) is 0 Å². The van der Waals surface area contributed by atoms with Crippen molar-refractivity contribution in [1.29, 1.82) is 0 Å². The lowest BCUT2D eigenvalue weighted by molar-refractivity contribution is -0.148. The zero-order valence-corrected chi connectivity index (χ0v) is 18.2. The number of carbonyl (C=O) groups is 1. The van der Waals surface area contributed by atoms with Crippen LogP contribution in [0.5, 0.6) is 0 Å². The zero-order valence-electron chi connectivity index (χ0n) is 17.4. The molecule has 1 aromatic carbocycles. The smallest absolute Gasteiger partial charge is 0.306 e. The monoisotopic (exact) mass is 427 g/mol. The van der Waals surface area contributed by atoms with Crippen molar-refractivity contribution in [3.63, 3.8) is 0 Å². The molecule has 164 valence electrons. The van der Waals surface area contributed by atoms with Crippen LogP contribution in [0.15, 0.2) is 29.2 Å². The Labute approximate surface area is 174 Å². The number of rotatable bonds is 3. The van der Waals surface area contributed by atoms with Gasteiger partial charge < -0.3 is 4.74 Å². The van der Waals surface area contributed by atoms with Gasteiger partial charge in [0.25, 0.3) is 0 Å². The van der Waals surface area contributed by atoms with Crippen LogP contribution in [0.1, 0.15) is 84.0 Å². The Morgan fingerprint density at radius 2 is 1.48 bits per heavy atom. The Morgan fingerprint density at radius 3 is 2.14 bits per heavy atom. The molecule has 7 heteroatoms. The number of carbonyl (C=O) groups excluding carboxylic acids is 1. The topological polar surface area (TPSA) is 72.5 Å². The number of esters is 1. The van der Waals surface area contributed by atoms with Crippen LogP contribution in [0, 0.1) is 5.82 Å². The highest BCUT2D eigenvalue weighted by atomic mass is 32.2. The van der Waals surface area contributed by atoms with Crippen molar-refractivity contribution in [2.24, 2.45) is 0 Å². The van der Waals surface area contributed by atoms with E-state index in [9.17, 15) is 17.6 Å². The minimum Gasteiger partial charge on any atom is -0.463 e. The van der Waals surface area contributed by atoms with E-state index >= 15 is 0 Å². The van der Waals surface area contributed by atoms with E-state index in [0.717, 1.165) is 57.1 Å². The summed E-state index contributed by atoms with van der Waals surface area (Å²) < 4.78 is 46.7. The summed E-state index contributed by atoms with van der Waals surface area (Å²) in [5.74, 6) is -0.641. The van der Waals surface area contributed by atoms with Crippen molar-refractivity contribution in [2.75, 3.05) is 0 Å². The molecule has 2 atom stereocenters. The van der Waals surface area contributed by atoms with Gasteiger partial charge in [-0.1, -0.05) is 44.9 Å². The van der Waals surface area contributed by atoms with Crippen molar-refractivity contribution in [3.8, 4) is 0 Å². The molecule has 1 heterocycles. The summed E-state index contributed by atoms with van der Waals surface area (Å²) in [6.07, 6.45) is 10.7. The molecular formula is C22H34FNO4S. The molecule has 1 aliphatic rings. The molecule has 0 radical (unpaired) electrons. The average molecular weight is 428 g/mol. The van der Waals surface area contributed by atoms with Crippen molar-refractivity contribution in [1.82, 2.24) is 4.72 Å². The number of sulfonamides is 1. The number of cyclic esters (lactones) is 1. The van der Waals surface area contributed by atoms with Gasteiger partial charge in [0.2, 0.25) is 10.0 Å². The van der Waals surface area contributed by atoms with E-state index in [0.29, 0.717) is 19.3 Å². The third kappa shape index (κ3) is 9.26. The third-order valence-electron chi connectivity index (χ3n) is 5.38. The molecule has 1 fully saturated rings. The molecule has 1 saturated heterocycles. The van der Waals surface area contributed by atoms with E-state index in [1.807, 2.05) is 6.92 Å². The predicted octanol–water partition coefficient (Wildman–Crippen LogP) is 5.10. The van der Waals surface area contributed by atoms with Crippen LogP contribution in [0.25, 0.3) is 0 Å². The van der Waals surface area contributed by atoms with Gasteiger partial charge in [-0.3, -0.25) is 4.79 Å². The van der Waals surface area contributed by atoms with Crippen molar-refractivity contribution >= 4 is 16.0 Å². The van der Waals surface area contributed by atoms with Gasteiger partial charge in [-0.25, -0.2) is 17.5 Å². The molecule has 5 nitrogen and oxygen atoms in total. The first-order chi connectivity index (χ1) is 13.9. The minimum atomic E-state index is -3.72. The second kappa shape index (κ2) is 12.3. The molecule has 0 aliphatic carbocycles. The fraction of sp³-hybridized carbons (Fsp3) is 0.682. The Morgan fingerprint density at radius 1 is 0.897 bits per heavy atom. The number of hydrogen-bond acceptors (Lipinski definition) is 4. The van der Waals surface area contributed by atoms with E-state index in [1.165, 1.54) is 25.0 Å².